The molecule has 2 aliphatic rings. The molecule has 5 rings (SSSR count). The first kappa shape index (κ1) is 17.6. The lowest BCUT2D eigenvalue weighted by atomic mass is 9.96. The second-order valence-corrected chi connectivity index (χ2v) is 8.26. The standard InChI is InChI=1S/C22H27N5O/c28-22-13-17-5-1-2-6-18(17)25-27(22)14-16-9-11-26(12-10-16)15-21-23-19-7-3-4-8-20(19)24-21/h3-4,7-8,13,16H,1-2,5-6,9-12,14-15H2,(H,23,24). The van der Waals surface area contributed by atoms with Gasteiger partial charge in [0.05, 0.1) is 23.3 Å². The molecule has 0 amide bonds. The van der Waals surface area contributed by atoms with Crippen molar-refractivity contribution in [1.29, 1.82) is 0 Å². The third-order valence-electron chi connectivity index (χ3n) is 6.22. The Bertz CT molecular complexity index is 996. The number of fused-ring (bicyclic) bond motifs is 2. The van der Waals surface area contributed by atoms with Gasteiger partial charge < -0.3 is 4.98 Å². The molecule has 28 heavy (non-hydrogen) atoms. The van der Waals surface area contributed by atoms with E-state index in [0.29, 0.717) is 5.92 Å². The molecule has 1 aliphatic carbocycles. The summed E-state index contributed by atoms with van der Waals surface area (Å²) in [6, 6.07) is 10.0. The number of aryl methyl sites for hydroxylation is 2. The van der Waals surface area contributed by atoms with Crippen LogP contribution in [-0.2, 0) is 25.9 Å². The number of rotatable bonds is 4. The number of H-pyrrole nitrogens is 1. The fraction of sp³-hybridized carbons (Fsp3) is 0.500. The van der Waals surface area contributed by atoms with Gasteiger partial charge in [0, 0.05) is 12.6 Å². The number of hydrogen-bond donors (Lipinski definition) is 1. The van der Waals surface area contributed by atoms with Gasteiger partial charge in [-0.2, -0.15) is 5.10 Å². The number of para-hydroxylation sites is 2. The maximum absolute atomic E-state index is 12.4. The van der Waals surface area contributed by atoms with E-state index >= 15 is 0 Å². The lowest BCUT2D eigenvalue weighted by molar-refractivity contribution is 0.160. The van der Waals surface area contributed by atoms with Gasteiger partial charge in [0.1, 0.15) is 5.82 Å². The summed E-state index contributed by atoms with van der Waals surface area (Å²) in [6.07, 6.45) is 6.61. The number of aromatic amines is 1. The van der Waals surface area contributed by atoms with Crippen molar-refractivity contribution in [2.75, 3.05) is 13.1 Å². The van der Waals surface area contributed by atoms with E-state index in [9.17, 15) is 4.79 Å². The Balaban J connectivity index is 1.20. The van der Waals surface area contributed by atoms with Gasteiger partial charge in [0.15, 0.2) is 0 Å². The Labute approximate surface area is 164 Å². The van der Waals surface area contributed by atoms with Crippen LogP contribution < -0.4 is 5.56 Å². The highest BCUT2D eigenvalue weighted by atomic mass is 16.1. The summed E-state index contributed by atoms with van der Waals surface area (Å²) < 4.78 is 1.73. The Hall–Kier alpha value is -2.47. The van der Waals surface area contributed by atoms with Crippen LogP contribution >= 0.6 is 0 Å². The molecule has 1 saturated heterocycles. The molecule has 0 atom stereocenters. The smallest absolute Gasteiger partial charge is 0.267 e. The highest BCUT2D eigenvalue weighted by molar-refractivity contribution is 5.74. The predicted molar refractivity (Wildman–Crippen MR) is 109 cm³/mol. The van der Waals surface area contributed by atoms with E-state index in [2.05, 4.69) is 16.0 Å². The fourth-order valence-electron chi connectivity index (χ4n) is 4.60. The van der Waals surface area contributed by atoms with Crippen molar-refractivity contribution in [3.63, 3.8) is 0 Å². The van der Waals surface area contributed by atoms with Crippen LogP contribution in [-0.4, -0.2) is 37.7 Å². The second-order valence-electron chi connectivity index (χ2n) is 8.26. The summed E-state index contributed by atoms with van der Waals surface area (Å²) in [7, 11) is 0. The van der Waals surface area contributed by atoms with Gasteiger partial charge >= 0.3 is 0 Å². The number of imidazole rings is 1. The van der Waals surface area contributed by atoms with Crippen LogP contribution in [0, 0.1) is 5.92 Å². The molecule has 0 bridgehead atoms. The van der Waals surface area contributed by atoms with Crippen molar-refractivity contribution < 1.29 is 0 Å². The average Bonchev–Trinajstić information content (AvgIpc) is 3.12. The number of likely N-dealkylation sites (tertiary alicyclic amines) is 1. The van der Waals surface area contributed by atoms with Crippen LogP contribution in [0.3, 0.4) is 0 Å². The van der Waals surface area contributed by atoms with Crippen molar-refractivity contribution in [1.82, 2.24) is 24.6 Å². The largest absolute Gasteiger partial charge is 0.341 e. The molecule has 1 N–H and O–H groups in total. The van der Waals surface area contributed by atoms with Crippen molar-refractivity contribution in [2.45, 2.75) is 51.6 Å². The van der Waals surface area contributed by atoms with Gasteiger partial charge in [0.25, 0.3) is 5.56 Å². The van der Waals surface area contributed by atoms with E-state index in [0.717, 1.165) is 74.4 Å². The summed E-state index contributed by atoms with van der Waals surface area (Å²) in [6.45, 7) is 3.70. The predicted octanol–water partition coefficient (Wildman–Crippen LogP) is 2.91. The van der Waals surface area contributed by atoms with E-state index in [4.69, 9.17) is 10.1 Å². The van der Waals surface area contributed by atoms with Gasteiger partial charge in [-0.1, -0.05) is 12.1 Å². The van der Waals surface area contributed by atoms with Crippen LogP contribution in [0.25, 0.3) is 11.0 Å². The Morgan fingerprint density at radius 2 is 1.93 bits per heavy atom. The molecule has 3 heterocycles. The monoisotopic (exact) mass is 377 g/mol. The number of piperidine rings is 1. The molecule has 1 aromatic carbocycles. The maximum atomic E-state index is 12.4. The van der Waals surface area contributed by atoms with Crippen LogP contribution in [0.5, 0.6) is 0 Å². The van der Waals surface area contributed by atoms with Gasteiger partial charge in [0.2, 0.25) is 0 Å². The molecular formula is C22H27N5O. The number of benzene rings is 1. The number of nitrogens with zero attached hydrogens (tertiary/aromatic N) is 4. The molecule has 6 heteroatoms. The molecule has 0 saturated carbocycles. The minimum Gasteiger partial charge on any atom is -0.341 e. The van der Waals surface area contributed by atoms with E-state index in [-0.39, 0.29) is 5.56 Å². The summed E-state index contributed by atoms with van der Waals surface area (Å²) in [5.74, 6) is 1.56. The van der Waals surface area contributed by atoms with Crippen LogP contribution in [0.1, 0.15) is 42.8 Å². The lowest BCUT2D eigenvalue weighted by Gasteiger charge is -2.31. The van der Waals surface area contributed by atoms with Crippen LogP contribution in [0.4, 0.5) is 0 Å². The quantitative estimate of drug-likeness (QED) is 0.759. The molecule has 146 valence electrons. The second kappa shape index (κ2) is 7.51. The Kier molecular flexibility index (Phi) is 4.72. The first-order chi connectivity index (χ1) is 13.7. The van der Waals surface area contributed by atoms with E-state index in [1.807, 2.05) is 24.3 Å². The first-order valence-electron chi connectivity index (χ1n) is 10.5. The molecule has 2 aromatic heterocycles. The van der Waals surface area contributed by atoms with Crippen molar-refractivity contribution in [2.24, 2.45) is 5.92 Å². The zero-order chi connectivity index (χ0) is 18.9. The number of nitrogens with one attached hydrogen (secondary N) is 1. The maximum Gasteiger partial charge on any atom is 0.267 e. The van der Waals surface area contributed by atoms with Gasteiger partial charge in [-0.3, -0.25) is 9.69 Å². The summed E-state index contributed by atoms with van der Waals surface area (Å²) in [4.78, 5) is 23.0. The number of hydrogen-bond acceptors (Lipinski definition) is 4. The minimum absolute atomic E-state index is 0.0744. The van der Waals surface area contributed by atoms with Crippen molar-refractivity contribution in [3.8, 4) is 0 Å². The van der Waals surface area contributed by atoms with Crippen molar-refractivity contribution in [3.05, 3.63) is 57.8 Å². The van der Waals surface area contributed by atoms with Gasteiger partial charge in [-0.15, -0.1) is 0 Å². The molecule has 1 aliphatic heterocycles. The molecular weight excluding hydrogens is 350 g/mol. The van der Waals surface area contributed by atoms with Crippen LogP contribution in [0.2, 0.25) is 0 Å². The Morgan fingerprint density at radius 3 is 2.79 bits per heavy atom. The molecule has 1 fully saturated rings. The molecule has 0 unspecified atom stereocenters. The third-order valence-corrected chi connectivity index (χ3v) is 6.22. The topological polar surface area (TPSA) is 66.8 Å². The van der Waals surface area contributed by atoms with Crippen molar-refractivity contribution >= 4 is 11.0 Å². The normalized spacial score (nSPS) is 18.4. The lowest BCUT2D eigenvalue weighted by Crippen LogP contribution is -2.37. The summed E-state index contributed by atoms with van der Waals surface area (Å²) >= 11 is 0. The summed E-state index contributed by atoms with van der Waals surface area (Å²) in [5.41, 5.74) is 4.53. The highest BCUT2D eigenvalue weighted by Gasteiger charge is 2.22. The Morgan fingerprint density at radius 1 is 1.11 bits per heavy atom. The number of aromatic nitrogens is 4. The SMILES string of the molecule is O=c1cc2c(nn1CC1CCN(Cc3nc4ccccc4[nH]3)CC1)CCCC2. The van der Waals surface area contributed by atoms with E-state index in [1.54, 1.807) is 4.68 Å². The van der Waals surface area contributed by atoms with E-state index < -0.39 is 0 Å². The van der Waals surface area contributed by atoms with Crippen LogP contribution in [0.15, 0.2) is 35.1 Å². The zero-order valence-corrected chi connectivity index (χ0v) is 16.2. The third kappa shape index (κ3) is 3.61. The molecule has 3 aromatic rings. The average molecular weight is 377 g/mol. The van der Waals surface area contributed by atoms with Gasteiger partial charge in [-0.25, -0.2) is 9.67 Å². The minimum atomic E-state index is 0.0744. The molecule has 6 nitrogen and oxygen atoms in total. The first-order valence-corrected chi connectivity index (χ1v) is 10.5. The van der Waals surface area contributed by atoms with E-state index in [1.165, 1.54) is 18.4 Å². The summed E-state index contributed by atoms with van der Waals surface area (Å²) in [5, 5.41) is 4.69. The zero-order valence-electron chi connectivity index (χ0n) is 16.2. The van der Waals surface area contributed by atoms with Gasteiger partial charge in [-0.05, 0) is 75.2 Å². The highest BCUT2D eigenvalue weighted by Crippen LogP contribution is 2.22. The fourth-order valence-corrected chi connectivity index (χ4v) is 4.60. The molecule has 0 radical (unpaired) electrons. The molecule has 0 spiro atoms.